The zero-order chi connectivity index (χ0) is 20.0. The average molecular weight is 404 g/mol. The number of nitrogens with zero attached hydrogens (tertiary/aromatic N) is 1. The Bertz CT molecular complexity index is 932. The number of hydrogen-bond donors (Lipinski definition) is 1. The van der Waals surface area contributed by atoms with Gasteiger partial charge in [0.1, 0.15) is 16.5 Å². The van der Waals surface area contributed by atoms with Crippen LogP contribution in [0.4, 0.5) is 18.9 Å². The molecule has 1 aromatic heterocycles. The number of amides is 1. The van der Waals surface area contributed by atoms with Gasteiger partial charge in [-0.3, -0.25) is 4.79 Å². The summed E-state index contributed by atoms with van der Waals surface area (Å²) in [7, 11) is 0. The molecule has 0 unspecified atom stereocenters. The Morgan fingerprint density at radius 3 is 2.32 bits per heavy atom. The smallest absolute Gasteiger partial charge is 0.398 e. The second-order valence-corrected chi connectivity index (χ2v) is 6.62. The molecule has 8 heteroatoms. The third kappa shape index (κ3) is 5.75. The number of benzene rings is 2. The van der Waals surface area contributed by atoms with E-state index in [1.165, 1.54) is 18.3 Å². The number of ether oxygens (including phenoxy) is 1. The van der Waals surface area contributed by atoms with Crippen LogP contribution in [0, 0.1) is 0 Å². The molecule has 28 heavy (non-hydrogen) atoms. The second kappa shape index (κ2) is 8.79. The molecule has 0 saturated carbocycles. The van der Waals surface area contributed by atoms with Crippen molar-refractivity contribution >= 4 is 23.4 Å². The van der Waals surface area contributed by atoms with E-state index in [1.54, 1.807) is 24.3 Å². The predicted molar refractivity (Wildman–Crippen MR) is 102 cm³/mol. The van der Waals surface area contributed by atoms with Crippen molar-refractivity contribution in [1.82, 2.24) is 4.98 Å². The predicted octanol–water partition coefficient (Wildman–Crippen LogP) is 5.78. The van der Waals surface area contributed by atoms with Gasteiger partial charge < -0.3 is 10.1 Å². The highest BCUT2D eigenvalue weighted by atomic mass is 32.2. The minimum absolute atomic E-state index is 0.0290. The van der Waals surface area contributed by atoms with Crippen LogP contribution in [0.15, 0.2) is 78.0 Å². The summed E-state index contributed by atoms with van der Waals surface area (Å²) in [4.78, 5) is 16.3. The summed E-state index contributed by atoms with van der Waals surface area (Å²) in [6, 6.07) is 18.8. The largest absolute Gasteiger partial charge is 0.457 e. The number of alkyl halides is 3. The van der Waals surface area contributed by atoms with Crippen molar-refractivity contribution < 1.29 is 22.7 Å². The first-order valence-corrected chi connectivity index (χ1v) is 9.18. The Morgan fingerprint density at radius 1 is 0.964 bits per heavy atom. The van der Waals surface area contributed by atoms with E-state index in [1.807, 2.05) is 30.3 Å². The summed E-state index contributed by atoms with van der Waals surface area (Å²) in [5.74, 6) is -0.377. The Labute approximate surface area is 163 Å². The molecule has 0 radical (unpaired) electrons. The van der Waals surface area contributed by atoms with E-state index in [2.05, 4.69) is 10.3 Å². The van der Waals surface area contributed by atoms with E-state index >= 15 is 0 Å². The van der Waals surface area contributed by atoms with Gasteiger partial charge in [0, 0.05) is 11.9 Å². The summed E-state index contributed by atoms with van der Waals surface area (Å²) >= 11 is 0.480. The first-order chi connectivity index (χ1) is 13.4. The van der Waals surface area contributed by atoms with Crippen molar-refractivity contribution in [2.75, 3.05) is 11.1 Å². The Balaban J connectivity index is 1.66. The monoisotopic (exact) mass is 404 g/mol. The number of rotatable bonds is 6. The van der Waals surface area contributed by atoms with Gasteiger partial charge in [0.2, 0.25) is 0 Å². The lowest BCUT2D eigenvalue weighted by molar-refractivity contribution is -0.105. The molecule has 3 rings (SSSR count). The maximum absolute atomic E-state index is 12.5. The van der Waals surface area contributed by atoms with Crippen LogP contribution in [0.3, 0.4) is 0 Å². The van der Waals surface area contributed by atoms with E-state index in [0.717, 1.165) is 0 Å². The topological polar surface area (TPSA) is 51.2 Å². The summed E-state index contributed by atoms with van der Waals surface area (Å²) in [5, 5.41) is 2.69. The van der Waals surface area contributed by atoms with E-state index < -0.39 is 17.8 Å². The fourth-order valence-corrected chi connectivity index (χ4v) is 3.01. The van der Waals surface area contributed by atoms with Crippen LogP contribution in [0.25, 0.3) is 0 Å². The lowest BCUT2D eigenvalue weighted by atomic mass is 10.2. The van der Waals surface area contributed by atoms with Gasteiger partial charge in [0.25, 0.3) is 5.91 Å². The molecular weight excluding hydrogens is 389 g/mol. The molecule has 0 spiro atoms. The van der Waals surface area contributed by atoms with Crippen molar-refractivity contribution in [3.8, 4) is 11.5 Å². The van der Waals surface area contributed by atoms with Gasteiger partial charge in [-0.2, -0.15) is 13.2 Å². The number of para-hydroxylation sites is 1. The lowest BCUT2D eigenvalue weighted by Gasteiger charge is -2.11. The standard InChI is InChI=1S/C20H15F3N2O2S/c21-20(22,23)13-28-19-17(7-4-12-24-19)18(26)25-14-8-10-16(11-9-14)27-15-5-2-1-3-6-15/h1-12H,13H2,(H,25,26). The SMILES string of the molecule is O=C(Nc1ccc(Oc2ccccc2)cc1)c1cccnc1SCC(F)(F)F. The number of carbonyl (C=O) groups is 1. The van der Waals surface area contributed by atoms with E-state index in [9.17, 15) is 18.0 Å². The Hall–Kier alpha value is -3.00. The van der Waals surface area contributed by atoms with Crippen LogP contribution in [0.5, 0.6) is 11.5 Å². The molecule has 0 fully saturated rings. The molecule has 1 N–H and O–H groups in total. The van der Waals surface area contributed by atoms with Crippen LogP contribution in [-0.2, 0) is 0 Å². The number of anilines is 1. The summed E-state index contributed by atoms with van der Waals surface area (Å²) in [6.45, 7) is 0. The first kappa shape index (κ1) is 19.8. The first-order valence-electron chi connectivity index (χ1n) is 8.19. The Kier molecular flexibility index (Phi) is 6.20. The summed E-state index contributed by atoms with van der Waals surface area (Å²) in [5.41, 5.74) is 0.572. The lowest BCUT2D eigenvalue weighted by Crippen LogP contribution is -2.15. The van der Waals surface area contributed by atoms with Crippen molar-refractivity contribution in [3.63, 3.8) is 0 Å². The Morgan fingerprint density at radius 2 is 1.64 bits per heavy atom. The molecule has 144 valence electrons. The van der Waals surface area contributed by atoms with Gasteiger partial charge >= 0.3 is 6.18 Å². The molecule has 1 amide bonds. The van der Waals surface area contributed by atoms with Gasteiger partial charge in [-0.05, 0) is 48.5 Å². The average Bonchev–Trinajstić information content (AvgIpc) is 2.68. The number of carbonyl (C=O) groups excluding carboxylic acids is 1. The maximum atomic E-state index is 12.5. The minimum atomic E-state index is -4.34. The fourth-order valence-electron chi connectivity index (χ4n) is 2.26. The number of nitrogens with one attached hydrogen (secondary N) is 1. The molecule has 0 atom stereocenters. The van der Waals surface area contributed by atoms with Crippen LogP contribution >= 0.6 is 11.8 Å². The van der Waals surface area contributed by atoms with E-state index in [4.69, 9.17) is 4.74 Å². The van der Waals surface area contributed by atoms with E-state index in [0.29, 0.717) is 28.9 Å². The highest BCUT2D eigenvalue weighted by molar-refractivity contribution is 7.99. The summed E-state index contributed by atoms with van der Waals surface area (Å²) in [6.07, 6.45) is -2.99. The maximum Gasteiger partial charge on any atom is 0.398 e. The molecule has 0 aliphatic carbocycles. The summed E-state index contributed by atoms with van der Waals surface area (Å²) < 4.78 is 43.0. The quantitative estimate of drug-likeness (QED) is 0.529. The molecular formula is C20H15F3N2O2S. The number of hydrogen-bond acceptors (Lipinski definition) is 4. The van der Waals surface area contributed by atoms with Gasteiger partial charge in [-0.25, -0.2) is 4.98 Å². The highest BCUT2D eigenvalue weighted by Gasteiger charge is 2.28. The molecule has 0 aliphatic rings. The third-order valence-electron chi connectivity index (χ3n) is 3.48. The van der Waals surface area contributed by atoms with Crippen molar-refractivity contribution in [2.45, 2.75) is 11.2 Å². The molecule has 0 aliphatic heterocycles. The normalized spacial score (nSPS) is 11.1. The van der Waals surface area contributed by atoms with Gasteiger partial charge in [-0.15, -0.1) is 0 Å². The number of halogens is 3. The fraction of sp³-hybridized carbons (Fsp3) is 0.100. The zero-order valence-corrected chi connectivity index (χ0v) is 15.3. The highest BCUT2D eigenvalue weighted by Crippen LogP contribution is 2.29. The molecule has 3 aromatic rings. The number of pyridine rings is 1. The van der Waals surface area contributed by atoms with Crippen LogP contribution in [0.2, 0.25) is 0 Å². The molecule has 1 heterocycles. The van der Waals surface area contributed by atoms with Crippen LogP contribution < -0.4 is 10.1 Å². The second-order valence-electron chi connectivity index (χ2n) is 5.65. The van der Waals surface area contributed by atoms with Gasteiger partial charge in [0.05, 0.1) is 11.3 Å². The molecule has 0 bridgehead atoms. The van der Waals surface area contributed by atoms with Gasteiger partial charge in [-0.1, -0.05) is 30.0 Å². The van der Waals surface area contributed by atoms with Crippen molar-refractivity contribution in [1.29, 1.82) is 0 Å². The minimum Gasteiger partial charge on any atom is -0.457 e. The van der Waals surface area contributed by atoms with Crippen LogP contribution in [0.1, 0.15) is 10.4 Å². The molecule has 0 saturated heterocycles. The number of aromatic nitrogens is 1. The third-order valence-corrected chi connectivity index (χ3v) is 4.55. The van der Waals surface area contributed by atoms with Crippen LogP contribution in [-0.4, -0.2) is 22.8 Å². The zero-order valence-electron chi connectivity index (χ0n) is 14.4. The molecule has 2 aromatic carbocycles. The molecule has 4 nitrogen and oxygen atoms in total. The van der Waals surface area contributed by atoms with Crippen molar-refractivity contribution in [2.24, 2.45) is 0 Å². The number of thioether (sulfide) groups is 1. The van der Waals surface area contributed by atoms with E-state index in [-0.39, 0.29) is 10.6 Å². The van der Waals surface area contributed by atoms with Gasteiger partial charge in [0.15, 0.2) is 0 Å². The van der Waals surface area contributed by atoms with Crippen molar-refractivity contribution in [3.05, 3.63) is 78.5 Å².